The van der Waals surface area contributed by atoms with Crippen molar-refractivity contribution in [2.75, 3.05) is 11.9 Å². The fraction of sp³-hybridized carbons (Fsp3) is 0.550. The Balaban J connectivity index is 1.71. The van der Waals surface area contributed by atoms with Crippen molar-refractivity contribution in [1.82, 2.24) is 4.98 Å². The number of aryl methyl sites for hydroxylation is 1. The summed E-state index contributed by atoms with van der Waals surface area (Å²) in [6.07, 6.45) is 10.9. The van der Waals surface area contributed by atoms with E-state index in [0.717, 1.165) is 17.8 Å². The number of nitrogens with one attached hydrogen (secondary N) is 1. The van der Waals surface area contributed by atoms with Crippen LogP contribution in [0.15, 0.2) is 30.3 Å². The maximum absolute atomic E-state index is 4.59. The summed E-state index contributed by atoms with van der Waals surface area (Å²) in [5.74, 6) is 0. The largest absolute Gasteiger partial charge is 0.384 e. The molecule has 1 aromatic carbocycles. The highest BCUT2D eigenvalue weighted by molar-refractivity contribution is 5.91. The van der Waals surface area contributed by atoms with Crippen LogP contribution in [-0.2, 0) is 0 Å². The average molecular weight is 298 g/mol. The molecule has 0 amide bonds. The van der Waals surface area contributed by atoms with Gasteiger partial charge in [0.05, 0.1) is 5.52 Å². The minimum absolute atomic E-state index is 1.06. The highest BCUT2D eigenvalue weighted by atomic mass is 14.9. The molecule has 0 fully saturated rings. The van der Waals surface area contributed by atoms with Crippen LogP contribution in [0.3, 0.4) is 0 Å². The van der Waals surface area contributed by atoms with Gasteiger partial charge < -0.3 is 5.32 Å². The first-order chi connectivity index (χ1) is 10.8. The van der Waals surface area contributed by atoms with Crippen LogP contribution in [0.4, 0.5) is 5.69 Å². The van der Waals surface area contributed by atoms with Gasteiger partial charge in [0.25, 0.3) is 0 Å². The number of unbranched alkanes of at least 4 members (excludes halogenated alkanes) is 7. The number of fused-ring (bicyclic) bond motifs is 1. The maximum atomic E-state index is 4.59. The smallest absolute Gasteiger partial charge is 0.0725 e. The maximum Gasteiger partial charge on any atom is 0.0725 e. The molecular formula is C20H30N2. The number of para-hydroxylation sites is 1. The molecule has 0 bridgehead atoms. The van der Waals surface area contributed by atoms with E-state index in [1.54, 1.807) is 0 Å². The minimum Gasteiger partial charge on any atom is -0.384 e. The van der Waals surface area contributed by atoms with Gasteiger partial charge in [0.1, 0.15) is 0 Å². The molecule has 0 aliphatic rings. The van der Waals surface area contributed by atoms with E-state index in [-0.39, 0.29) is 0 Å². The number of nitrogens with zero attached hydrogens (tertiary/aromatic N) is 1. The fourth-order valence-corrected chi connectivity index (χ4v) is 2.94. The summed E-state index contributed by atoms with van der Waals surface area (Å²) in [5, 5.41) is 4.83. The van der Waals surface area contributed by atoms with Crippen LogP contribution in [-0.4, -0.2) is 11.5 Å². The number of aromatic nitrogens is 1. The number of hydrogen-bond donors (Lipinski definition) is 1. The fourth-order valence-electron chi connectivity index (χ4n) is 2.94. The SMILES string of the molecule is CCCCCCCCCCNc1cc(C)nc2ccccc12. The van der Waals surface area contributed by atoms with E-state index in [1.807, 2.05) is 0 Å². The van der Waals surface area contributed by atoms with Crippen LogP contribution < -0.4 is 5.32 Å². The summed E-state index contributed by atoms with van der Waals surface area (Å²) in [5.41, 5.74) is 3.39. The van der Waals surface area contributed by atoms with Crippen LogP contribution in [0.2, 0.25) is 0 Å². The van der Waals surface area contributed by atoms with Crippen molar-refractivity contribution >= 4 is 16.6 Å². The quantitative estimate of drug-likeness (QED) is 0.536. The van der Waals surface area contributed by atoms with E-state index in [4.69, 9.17) is 0 Å². The van der Waals surface area contributed by atoms with Gasteiger partial charge in [-0.2, -0.15) is 0 Å². The van der Waals surface area contributed by atoms with Crippen molar-refractivity contribution in [3.05, 3.63) is 36.0 Å². The molecule has 22 heavy (non-hydrogen) atoms. The van der Waals surface area contributed by atoms with E-state index in [2.05, 4.69) is 54.5 Å². The molecule has 1 heterocycles. The van der Waals surface area contributed by atoms with Gasteiger partial charge in [0, 0.05) is 23.3 Å². The molecule has 2 aromatic rings. The van der Waals surface area contributed by atoms with Crippen molar-refractivity contribution in [3.63, 3.8) is 0 Å². The summed E-state index contributed by atoms with van der Waals surface area (Å²) < 4.78 is 0. The van der Waals surface area contributed by atoms with Crippen LogP contribution in [0.5, 0.6) is 0 Å². The molecule has 0 radical (unpaired) electrons. The molecule has 2 rings (SSSR count). The van der Waals surface area contributed by atoms with E-state index >= 15 is 0 Å². The number of hydrogen-bond acceptors (Lipinski definition) is 2. The lowest BCUT2D eigenvalue weighted by Crippen LogP contribution is -2.03. The molecule has 1 N–H and O–H groups in total. The van der Waals surface area contributed by atoms with Gasteiger partial charge in [-0.3, -0.25) is 4.98 Å². The van der Waals surface area contributed by atoms with Gasteiger partial charge in [-0.15, -0.1) is 0 Å². The third-order valence-electron chi connectivity index (χ3n) is 4.19. The molecule has 120 valence electrons. The van der Waals surface area contributed by atoms with Gasteiger partial charge in [0.15, 0.2) is 0 Å². The summed E-state index contributed by atoms with van der Waals surface area (Å²) in [6.45, 7) is 5.40. The van der Waals surface area contributed by atoms with Gasteiger partial charge in [-0.25, -0.2) is 0 Å². The molecule has 0 spiro atoms. The molecule has 1 aromatic heterocycles. The third kappa shape index (κ3) is 5.32. The second-order valence-corrected chi connectivity index (χ2v) is 6.23. The first kappa shape index (κ1) is 16.8. The highest BCUT2D eigenvalue weighted by Crippen LogP contribution is 2.22. The summed E-state index contributed by atoms with van der Waals surface area (Å²) in [7, 11) is 0. The summed E-state index contributed by atoms with van der Waals surface area (Å²) >= 11 is 0. The first-order valence-electron chi connectivity index (χ1n) is 8.91. The van der Waals surface area contributed by atoms with Crippen LogP contribution in [0.1, 0.15) is 64.0 Å². The van der Waals surface area contributed by atoms with Crippen molar-refractivity contribution in [2.24, 2.45) is 0 Å². The van der Waals surface area contributed by atoms with Crippen molar-refractivity contribution in [1.29, 1.82) is 0 Å². The van der Waals surface area contributed by atoms with Crippen LogP contribution in [0, 0.1) is 6.92 Å². The number of pyridine rings is 1. The van der Waals surface area contributed by atoms with E-state index in [9.17, 15) is 0 Å². The number of anilines is 1. The lowest BCUT2D eigenvalue weighted by atomic mass is 10.1. The third-order valence-corrected chi connectivity index (χ3v) is 4.19. The highest BCUT2D eigenvalue weighted by Gasteiger charge is 2.02. The van der Waals surface area contributed by atoms with Crippen LogP contribution in [0.25, 0.3) is 10.9 Å². The van der Waals surface area contributed by atoms with Gasteiger partial charge in [-0.05, 0) is 25.5 Å². The Morgan fingerprint density at radius 3 is 2.36 bits per heavy atom. The van der Waals surface area contributed by atoms with Crippen LogP contribution >= 0.6 is 0 Å². The molecule has 2 nitrogen and oxygen atoms in total. The molecular weight excluding hydrogens is 268 g/mol. The molecule has 0 atom stereocenters. The van der Waals surface area contributed by atoms with Crippen molar-refractivity contribution < 1.29 is 0 Å². The molecule has 0 aliphatic carbocycles. The Morgan fingerprint density at radius 2 is 1.59 bits per heavy atom. The molecule has 0 aliphatic heterocycles. The predicted molar refractivity (Wildman–Crippen MR) is 97.6 cm³/mol. The first-order valence-corrected chi connectivity index (χ1v) is 8.91. The standard InChI is InChI=1S/C20H30N2/c1-3-4-5-6-7-8-9-12-15-21-20-16-17(2)22-19-14-11-10-13-18(19)20/h10-11,13-14,16H,3-9,12,15H2,1-2H3,(H,21,22). The van der Waals surface area contributed by atoms with Crippen molar-refractivity contribution in [2.45, 2.75) is 65.2 Å². The average Bonchev–Trinajstić information content (AvgIpc) is 2.53. The van der Waals surface area contributed by atoms with Gasteiger partial charge in [0.2, 0.25) is 0 Å². The Hall–Kier alpha value is -1.57. The van der Waals surface area contributed by atoms with E-state index in [1.165, 1.54) is 62.4 Å². The zero-order valence-electron chi connectivity index (χ0n) is 14.2. The van der Waals surface area contributed by atoms with E-state index in [0.29, 0.717) is 0 Å². The Labute approximate surface area is 135 Å². The lowest BCUT2D eigenvalue weighted by molar-refractivity contribution is 0.581. The van der Waals surface area contributed by atoms with Crippen molar-refractivity contribution in [3.8, 4) is 0 Å². The molecule has 0 saturated carbocycles. The summed E-state index contributed by atoms with van der Waals surface area (Å²) in [6, 6.07) is 10.5. The number of rotatable bonds is 10. The second-order valence-electron chi connectivity index (χ2n) is 6.23. The minimum atomic E-state index is 1.06. The summed E-state index contributed by atoms with van der Waals surface area (Å²) in [4.78, 5) is 4.59. The monoisotopic (exact) mass is 298 g/mol. The second kappa shape index (κ2) is 9.45. The Morgan fingerprint density at radius 1 is 0.909 bits per heavy atom. The van der Waals surface area contributed by atoms with Gasteiger partial charge in [-0.1, -0.05) is 70.1 Å². The topological polar surface area (TPSA) is 24.9 Å². The van der Waals surface area contributed by atoms with E-state index < -0.39 is 0 Å². The van der Waals surface area contributed by atoms with Gasteiger partial charge >= 0.3 is 0 Å². The normalized spacial score (nSPS) is 11.0. The molecule has 0 unspecified atom stereocenters. The number of benzene rings is 1. The zero-order chi connectivity index (χ0) is 15.6. The predicted octanol–water partition coefficient (Wildman–Crippen LogP) is 6.10. The molecule has 2 heteroatoms. The Kier molecular flexibility index (Phi) is 7.21. The zero-order valence-corrected chi connectivity index (χ0v) is 14.2. The molecule has 0 saturated heterocycles. The Bertz CT molecular complexity index is 563. The lowest BCUT2D eigenvalue weighted by Gasteiger charge is -2.10.